The van der Waals surface area contributed by atoms with E-state index in [0.717, 1.165) is 22.4 Å². The van der Waals surface area contributed by atoms with Gasteiger partial charge in [0.2, 0.25) is 0 Å². The average molecular weight is 298 g/mol. The van der Waals surface area contributed by atoms with Crippen LogP contribution in [-0.2, 0) is 6.54 Å². The van der Waals surface area contributed by atoms with Crippen LogP contribution in [0.1, 0.15) is 36.1 Å². The van der Waals surface area contributed by atoms with Gasteiger partial charge in [0.25, 0.3) is 0 Å². The summed E-state index contributed by atoms with van der Waals surface area (Å²) in [6.45, 7) is 4.77. The number of aliphatic hydroxyl groups excluding tert-OH is 1. The molecule has 0 aliphatic heterocycles. The minimum Gasteiger partial charge on any atom is -0.453 e. The van der Waals surface area contributed by atoms with E-state index in [0.29, 0.717) is 24.4 Å². The molecule has 0 fully saturated rings. The Kier molecular flexibility index (Phi) is 3.81. The standard InChI is InChI=1S/C17H18N2O3/c1-11(2)17-18-14-9-12(16-6-4-13(10-21)22-16)3-5-15(14)19(17)7-8-20/h3-6,9-11,20H,7-8H2,1-2H3. The van der Waals surface area contributed by atoms with Gasteiger partial charge in [-0.2, -0.15) is 0 Å². The molecule has 0 saturated carbocycles. The predicted octanol–water partition coefficient (Wildman–Crippen LogP) is 3.22. The number of benzene rings is 1. The Morgan fingerprint density at radius 3 is 2.77 bits per heavy atom. The van der Waals surface area contributed by atoms with Gasteiger partial charge in [-0.3, -0.25) is 4.79 Å². The van der Waals surface area contributed by atoms with Gasteiger partial charge < -0.3 is 14.1 Å². The third-order valence-corrected chi connectivity index (χ3v) is 3.65. The van der Waals surface area contributed by atoms with Crippen LogP contribution in [0.5, 0.6) is 0 Å². The summed E-state index contributed by atoms with van der Waals surface area (Å²) >= 11 is 0. The van der Waals surface area contributed by atoms with Crippen LogP contribution in [0.25, 0.3) is 22.4 Å². The van der Waals surface area contributed by atoms with Crippen molar-refractivity contribution in [2.24, 2.45) is 0 Å². The molecular weight excluding hydrogens is 280 g/mol. The van der Waals surface area contributed by atoms with E-state index in [1.807, 2.05) is 22.8 Å². The number of fused-ring (bicyclic) bond motifs is 1. The fourth-order valence-electron chi connectivity index (χ4n) is 2.65. The summed E-state index contributed by atoms with van der Waals surface area (Å²) in [4.78, 5) is 15.4. The number of carbonyl (C=O) groups is 1. The second kappa shape index (κ2) is 5.77. The van der Waals surface area contributed by atoms with Gasteiger partial charge in [0.15, 0.2) is 12.0 Å². The zero-order valence-corrected chi connectivity index (χ0v) is 12.6. The molecule has 0 amide bonds. The summed E-state index contributed by atoms with van der Waals surface area (Å²) in [5.74, 6) is 2.18. The van der Waals surface area contributed by atoms with Gasteiger partial charge in [-0.25, -0.2) is 4.98 Å². The summed E-state index contributed by atoms with van der Waals surface area (Å²) in [7, 11) is 0. The fraction of sp³-hybridized carbons (Fsp3) is 0.294. The number of aromatic nitrogens is 2. The zero-order valence-electron chi connectivity index (χ0n) is 12.6. The maximum atomic E-state index is 10.7. The lowest BCUT2D eigenvalue weighted by molar-refractivity contribution is 0.110. The van der Waals surface area contributed by atoms with Crippen molar-refractivity contribution in [2.75, 3.05) is 6.61 Å². The van der Waals surface area contributed by atoms with Gasteiger partial charge in [0.05, 0.1) is 17.6 Å². The zero-order chi connectivity index (χ0) is 15.7. The summed E-state index contributed by atoms with van der Waals surface area (Å²) in [6, 6.07) is 9.29. The molecule has 2 heterocycles. The number of aliphatic hydroxyl groups is 1. The van der Waals surface area contributed by atoms with Crippen molar-refractivity contribution in [3.63, 3.8) is 0 Å². The van der Waals surface area contributed by atoms with E-state index in [1.54, 1.807) is 12.1 Å². The Balaban J connectivity index is 2.11. The van der Waals surface area contributed by atoms with Crippen LogP contribution in [0.2, 0.25) is 0 Å². The number of carbonyl (C=O) groups excluding carboxylic acids is 1. The summed E-state index contributed by atoms with van der Waals surface area (Å²) in [5, 5.41) is 9.27. The van der Waals surface area contributed by atoms with Crippen molar-refractivity contribution < 1.29 is 14.3 Å². The van der Waals surface area contributed by atoms with Crippen molar-refractivity contribution in [3.8, 4) is 11.3 Å². The van der Waals surface area contributed by atoms with Crippen molar-refractivity contribution in [2.45, 2.75) is 26.3 Å². The van der Waals surface area contributed by atoms with Crippen molar-refractivity contribution >= 4 is 17.3 Å². The predicted molar refractivity (Wildman–Crippen MR) is 84.0 cm³/mol. The third kappa shape index (κ3) is 2.44. The number of aldehydes is 1. The minimum atomic E-state index is 0.0772. The minimum absolute atomic E-state index is 0.0772. The number of nitrogens with zero attached hydrogens (tertiary/aromatic N) is 2. The molecule has 0 atom stereocenters. The topological polar surface area (TPSA) is 68.3 Å². The van der Waals surface area contributed by atoms with Gasteiger partial charge in [0, 0.05) is 18.0 Å². The van der Waals surface area contributed by atoms with Gasteiger partial charge in [0.1, 0.15) is 11.6 Å². The Labute approximate surface area is 128 Å². The smallest absolute Gasteiger partial charge is 0.185 e. The van der Waals surface area contributed by atoms with Crippen LogP contribution in [-0.4, -0.2) is 27.6 Å². The quantitative estimate of drug-likeness (QED) is 0.734. The Morgan fingerprint density at radius 1 is 1.32 bits per heavy atom. The SMILES string of the molecule is CC(C)c1nc2cc(-c3ccc(C=O)o3)ccc2n1CCO. The number of hydrogen-bond acceptors (Lipinski definition) is 4. The molecule has 3 rings (SSSR count). The first kappa shape index (κ1) is 14.5. The molecule has 22 heavy (non-hydrogen) atoms. The molecule has 0 bridgehead atoms. The highest BCUT2D eigenvalue weighted by Gasteiger charge is 2.14. The Hall–Kier alpha value is -2.40. The average Bonchev–Trinajstić information content (AvgIpc) is 3.12. The number of hydrogen-bond donors (Lipinski definition) is 1. The van der Waals surface area contributed by atoms with Crippen molar-refractivity contribution in [1.29, 1.82) is 0 Å². The largest absolute Gasteiger partial charge is 0.453 e. The van der Waals surface area contributed by atoms with Crippen LogP contribution >= 0.6 is 0 Å². The van der Waals surface area contributed by atoms with E-state index in [4.69, 9.17) is 4.42 Å². The molecule has 5 heteroatoms. The molecule has 0 unspecified atom stereocenters. The van der Waals surface area contributed by atoms with Crippen molar-refractivity contribution in [1.82, 2.24) is 9.55 Å². The van der Waals surface area contributed by atoms with E-state index in [-0.39, 0.29) is 12.5 Å². The van der Waals surface area contributed by atoms with E-state index in [9.17, 15) is 9.90 Å². The lowest BCUT2D eigenvalue weighted by atomic mass is 10.1. The molecule has 1 N–H and O–H groups in total. The second-order valence-electron chi connectivity index (χ2n) is 5.52. The monoisotopic (exact) mass is 298 g/mol. The molecule has 114 valence electrons. The van der Waals surface area contributed by atoms with Gasteiger partial charge in [-0.05, 0) is 30.3 Å². The van der Waals surface area contributed by atoms with Crippen LogP contribution in [0.3, 0.4) is 0 Å². The number of imidazole rings is 1. The molecule has 0 spiro atoms. The molecule has 0 aliphatic carbocycles. The van der Waals surface area contributed by atoms with Gasteiger partial charge in [-0.1, -0.05) is 13.8 Å². The molecule has 0 saturated heterocycles. The molecule has 3 aromatic rings. The molecule has 5 nitrogen and oxygen atoms in total. The van der Waals surface area contributed by atoms with Crippen LogP contribution in [0.15, 0.2) is 34.7 Å². The lowest BCUT2D eigenvalue weighted by Crippen LogP contribution is -2.08. The van der Waals surface area contributed by atoms with Gasteiger partial charge in [-0.15, -0.1) is 0 Å². The highest BCUT2D eigenvalue weighted by molar-refractivity contribution is 5.82. The highest BCUT2D eigenvalue weighted by atomic mass is 16.3. The fourth-order valence-corrected chi connectivity index (χ4v) is 2.65. The van der Waals surface area contributed by atoms with E-state index >= 15 is 0 Å². The van der Waals surface area contributed by atoms with E-state index in [2.05, 4.69) is 18.8 Å². The van der Waals surface area contributed by atoms with E-state index in [1.165, 1.54) is 0 Å². The van der Waals surface area contributed by atoms with Gasteiger partial charge >= 0.3 is 0 Å². The Morgan fingerprint density at radius 2 is 2.14 bits per heavy atom. The van der Waals surface area contributed by atoms with E-state index < -0.39 is 0 Å². The first-order chi connectivity index (χ1) is 10.6. The first-order valence-electron chi connectivity index (χ1n) is 7.30. The van der Waals surface area contributed by atoms with Crippen LogP contribution < -0.4 is 0 Å². The number of furan rings is 1. The summed E-state index contributed by atoms with van der Waals surface area (Å²) < 4.78 is 7.50. The normalized spacial score (nSPS) is 11.5. The molecule has 0 aliphatic rings. The summed E-state index contributed by atoms with van der Waals surface area (Å²) in [5.41, 5.74) is 2.73. The Bertz CT molecular complexity index is 815. The number of rotatable bonds is 5. The molecular formula is C17H18N2O3. The summed E-state index contributed by atoms with van der Waals surface area (Å²) in [6.07, 6.45) is 0.689. The molecule has 0 radical (unpaired) electrons. The van der Waals surface area contributed by atoms with Crippen LogP contribution in [0.4, 0.5) is 0 Å². The molecule has 2 aromatic heterocycles. The van der Waals surface area contributed by atoms with Crippen molar-refractivity contribution in [3.05, 3.63) is 41.9 Å². The third-order valence-electron chi connectivity index (χ3n) is 3.65. The second-order valence-corrected chi connectivity index (χ2v) is 5.52. The first-order valence-corrected chi connectivity index (χ1v) is 7.30. The highest BCUT2D eigenvalue weighted by Crippen LogP contribution is 2.28. The molecule has 1 aromatic carbocycles. The van der Waals surface area contributed by atoms with Crippen LogP contribution in [0, 0.1) is 0 Å². The lowest BCUT2D eigenvalue weighted by Gasteiger charge is -2.09. The maximum Gasteiger partial charge on any atom is 0.185 e. The maximum absolute atomic E-state index is 10.7.